The first-order valence-electron chi connectivity index (χ1n) is 5.35. The van der Waals surface area contributed by atoms with Gasteiger partial charge >= 0.3 is 0 Å². The molecule has 0 aromatic carbocycles. The van der Waals surface area contributed by atoms with E-state index in [1.165, 1.54) is 4.90 Å². The summed E-state index contributed by atoms with van der Waals surface area (Å²) >= 11 is 5.01. The first-order valence-corrected chi connectivity index (χ1v) is 7.02. The summed E-state index contributed by atoms with van der Waals surface area (Å²) < 4.78 is 1.01. The molecule has 2 heterocycles. The molecule has 1 aliphatic heterocycles. The SMILES string of the molecule is CN1C(=O)CC[C@@H]1C(=O)NCc1sccc1Br. The summed E-state index contributed by atoms with van der Waals surface area (Å²) in [4.78, 5) is 25.8. The van der Waals surface area contributed by atoms with Gasteiger partial charge in [-0.3, -0.25) is 9.59 Å². The van der Waals surface area contributed by atoms with E-state index in [2.05, 4.69) is 21.2 Å². The van der Waals surface area contributed by atoms with Gasteiger partial charge in [0.25, 0.3) is 0 Å². The van der Waals surface area contributed by atoms with E-state index in [1.807, 2.05) is 11.4 Å². The zero-order valence-corrected chi connectivity index (χ0v) is 11.8. The lowest BCUT2D eigenvalue weighted by Gasteiger charge is -2.18. The molecule has 1 atom stereocenters. The molecular weight excluding hydrogens is 304 g/mol. The van der Waals surface area contributed by atoms with E-state index in [0.29, 0.717) is 19.4 Å². The van der Waals surface area contributed by atoms with Crippen LogP contribution in [-0.4, -0.2) is 29.8 Å². The van der Waals surface area contributed by atoms with E-state index in [0.717, 1.165) is 9.35 Å². The van der Waals surface area contributed by atoms with Gasteiger partial charge in [0.15, 0.2) is 0 Å². The Bertz CT molecular complexity index is 446. The smallest absolute Gasteiger partial charge is 0.243 e. The van der Waals surface area contributed by atoms with Crippen LogP contribution in [0.2, 0.25) is 0 Å². The van der Waals surface area contributed by atoms with Crippen LogP contribution in [0.5, 0.6) is 0 Å². The summed E-state index contributed by atoms with van der Waals surface area (Å²) in [6.45, 7) is 0.510. The van der Waals surface area contributed by atoms with E-state index >= 15 is 0 Å². The molecule has 17 heavy (non-hydrogen) atoms. The first kappa shape index (κ1) is 12.6. The molecule has 1 saturated heterocycles. The number of nitrogens with one attached hydrogen (secondary N) is 1. The summed E-state index contributed by atoms with van der Waals surface area (Å²) in [5.41, 5.74) is 0. The Balaban J connectivity index is 1.90. The Morgan fingerprint density at radius 1 is 1.71 bits per heavy atom. The Kier molecular flexibility index (Phi) is 3.83. The molecule has 0 radical (unpaired) electrons. The van der Waals surface area contributed by atoms with Crippen molar-refractivity contribution in [1.29, 1.82) is 0 Å². The van der Waals surface area contributed by atoms with Crippen molar-refractivity contribution in [3.8, 4) is 0 Å². The Hall–Kier alpha value is -0.880. The molecule has 0 aliphatic carbocycles. The van der Waals surface area contributed by atoms with Crippen LogP contribution in [0.4, 0.5) is 0 Å². The number of hydrogen-bond donors (Lipinski definition) is 1. The second-order valence-electron chi connectivity index (χ2n) is 3.97. The molecule has 4 nitrogen and oxygen atoms in total. The molecule has 1 aromatic heterocycles. The zero-order valence-electron chi connectivity index (χ0n) is 9.40. The number of likely N-dealkylation sites (N-methyl/N-ethyl adjacent to an activating group) is 1. The Morgan fingerprint density at radius 3 is 3.00 bits per heavy atom. The number of amides is 2. The normalized spacial score (nSPS) is 19.8. The molecule has 2 amide bonds. The number of halogens is 1. The molecule has 1 fully saturated rings. The summed E-state index contributed by atoms with van der Waals surface area (Å²) in [6.07, 6.45) is 1.09. The molecule has 0 bridgehead atoms. The number of carbonyl (C=O) groups is 2. The van der Waals surface area contributed by atoms with E-state index in [1.54, 1.807) is 18.4 Å². The fourth-order valence-electron chi connectivity index (χ4n) is 1.85. The van der Waals surface area contributed by atoms with Crippen molar-refractivity contribution in [2.45, 2.75) is 25.4 Å². The molecule has 92 valence electrons. The van der Waals surface area contributed by atoms with Crippen molar-refractivity contribution in [3.63, 3.8) is 0 Å². The lowest BCUT2D eigenvalue weighted by molar-refractivity contribution is -0.133. The molecule has 1 aromatic rings. The third-order valence-electron chi connectivity index (χ3n) is 2.91. The zero-order chi connectivity index (χ0) is 12.4. The highest BCUT2D eigenvalue weighted by Gasteiger charge is 2.32. The van der Waals surface area contributed by atoms with Gasteiger partial charge in [-0.2, -0.15) is 0 Å². The quantitative estimate of drug-likeness (QED) is 0.923. The van der Waals surface area contributed by atoms with Crippen molar-refractivity contribution in [1.82, 2.24) is 10.2 Å². The van der Waals surface area contributed by atoms with Crippen molar-refractivity contribution in [3.05, 3.63) is 20.8 Å². The average molecular weight is 317 g/mol. The number of likely N-dealkylation sites (tertiary alicyclic amines) is 1. The van der Waals surface area contributed by atoms with Crippen LogP contribution in [0.3, 0.4) is 0 Å². The maximum Gasteiger partial charge on any atom is 0.243 e. The summed E-state index contributed by atoms with van der Waals surface area (Å²) in [5.74, 6) is -0.0268. The standard InChI is InChI=1S/C11H13BrN2O2S/c1-14-8(2-3-10(14)15)11(16)13-6-9-7(12)4-5-17-9/h4-5,8H,2-3,6H2,1H3,(H,13,16)/t8-/m1/s1. The van der Waals surface area contributed by atoms with Crippen molar-refractivity contribution < 1.29 is 9.59 Å². The van der Waals surface area contributed by atoms with Crippen LogP contribution in [-0.2, 0) is 16.1 Å². The van der Waals surface area contributed by atoms with E-state index in [9.17, 15) is 9.59 Å². The summed E-state index contributed by atoms with van der Waals surface area (Å²) in [6, 6.07) is 1.65. The minimum Gasteiger partial charge on any atom is -0.349 e. The van der Waals surface area contributed by atoms with Gasteiger partial charge in [-0.05, 0) is 33.8 Å². The molecule has 0 saturated carbocycles. The van der Waals surface area contributed by atoms with Crippen LogP contribution < -0.4 is 5.32 Å². The van der Waals surface area contributed by atoms with Crippen LogP contribution in [0.1, 0.15) is 17.7 Å². The second-order valence-corrected chi connectivity index (χ2v) is 5.82. The highest BCUT2D eigenvalue weighted by Crippen LogP contribution is 2.22. The highest BCUT2D eigenvalue weighted by molar-refractivity contribution is 9.10. The van der Waals surface area contributed by atoms with E-state index < -0.39 is 0 Å². The second kappa shape index (κ2) is 5.18. The lowest BCUT2D eigenvalue weighted by Crippen LogP contribution is -2.42. The number of carbonyl (C=O) groups excluding carboxylic acids is 2. The van der Waals surface area contributed by atoms with Gasteiger partial charge < -0.3 is 10.2 Å². The Morgan fingerprint density at radius 2 is 2.47 bits per heavy atom. The Labute approximate surface area is 112 Å². The summed E-state index contributed by atoms with van der Waals surface area (Å²) in [7, 11) is 1.68. The van der Waals surface area contributed by atoms with Gasteiger partial charge in [-0.15, -0.1) is 11.3 Å². The van der Waals surface area contributed by atoms with Crippen LogP contribution >= 0.6 is 27.3 Å². The molecule has 2 rings (SSSR count). The van der Waals surface area contributed by atoms with E-state index in [-0.39, 0.29) is 17.9 Å². The average Bonchev–Trinajstić information content (AvgIpc) is 2.84. The third-order valence-corrected chi connectivity index (χ3v) is 4.84. The van der Waals surface area contributed by atoms with E-state index in [4.69, 9.17) is 0 Å². The largest absolute Gasteiger partial charge is 0.349 e. The summed E-state index contributed by atoms with van der Waals surface area (Å²) in [5, 5.41) is 4.84. The van der Waals surface area contributed by atoms with Crippen molar-refractivity contribution in [2.75, 3.05) is 7.05 Å². The van der Waals surface area contributed by atoms with Gasteiger partial charge in [0.05, 0.1) is 6.54 Å². The van der Waals surface area contributed by atoms with Crippen LogP contribution in [0, 0.1) is 0 Å². The lowest BCUT2D eigenvalue weighted by atomic mass is 10.2. The number of nitrogens with zero attached hydrogens (tertiary/aromatic N) is 1. The molecule has 1 aliphatic rings. The highest BCUT2D eigenvalue weighted by atomic mass is 79.9. The fourth-order valence-corrected chi connectivity index (χ4v) is 3.28. The maximum atomic E-state index is 11.9. The van der Waals surface area contributed by atoms with Crippen LogP contribution in [0.15, 0.2) is 15.9 Å². The van der Waals surface area contributed by atoms with Crippen LogP contribution in [0.25, 0.3) is 0 Å². The van der Waals surface area contributed by atoms with Crippen molar-refractivity contribution >= 4 is 39.1 Å². The molecule has 6 heteroatoms. The third kappa shape index (κ3) is 2.69. The minimum absolute atomic E-state index is 0.0439. The van der Waals surface area contributed by atoms with Gasteiger partial charge in [-0.25, -0.2) is 0 Å². The first-order chi connectivity index (χ1) is 8.09. The minimum atomic E-state index is -0.304. The van der Waals surface area contributed by atoms with Crippen molar-refractivity contribution in [2.24, 2.45) is 0 Å². The van der Waals surface area contributed by atoms with Gasteiger partial charge in [0.2, 0.25) is 11.8 Å². The number of rotatable bonds is 3. The monoisotopic (exact) mass is 316 g/mol. The molecule has 0 unspecified atom stereocenters. The number of hydrogen-bond acceptors (Lipinski definition) is 3. The molecule has 1 N–H and O–H groups in total. The van der Waals surface area contributed by atoms with Gasteiger partial charge in [-0.1, -0.05) is 0 Å². The fraction of sp³-hybridized carbons (Fsp3) is 0.455. The predicted octanol–water partition coefficient (Wildman–Crippen LogP) is 1.75. The number of thiophene rings is 1. The maximum absolute atomic E-state index is 11.9. The van der Waals surface area contributed by atoms with Gasteiger partial charge in [0, 0.05) is 22.8 Å². The molecule has 0 spiro atoms. The predicted molar refractivity (Wildman–Crippen MR) is 69.7 cm³/mol. The topological polar surface area (TPSA) is 49.4 Å². The van der Waals surface area contributed by atoms with Gasteiger partial charge in [0.1, 0.15) is 6.04 Å². The molecular formula is C11H13BrN2O2S.